The van der Waals surface area contributed by atoms with Gasteiger partial charge in [-0.1, -0.05) is 0 Å². The minimum absolute atomic E-state index is 0.231. The van der Waals surface area contributed by atoms with Crippen molar-refractivity contribution in [1.82, 2.24) is 19.6 Å². The van der Waals surface area contributed by atoms with Crippen LogP contribution < -0.4 is 10.8 Å². The number of rotatable bonds is 0. The van der Waals surface area contributed by atoms with Crippen LogP contribution in [0.3, 0.4) is 0 Å². The third-order valence-corrected chi connectivity index (χ3v) is 2.68. The average Bonchev–Trinajstić information content (AvgIpc) is 2.96. The van der Waals surface area contributed by atoms with Crippen LogP contribution in [0.1, 0.15) is 0 Å². The van der Waals surface area contributed by atoms with Crippen molar-refractivity contribution >= 4 is 28.6 Å². The van der Waals surface area contributed by atoms with Gasteiger partial charge in [-0.05, 0) is 0 Å². The molecule has 0 bridgehead atoms. The van der Waals surface area contributed by atoms with Gasteiger partial charge < -0.3 is 0 Å². The summed E-state index contributed by atoms with van der Waals surface area (Å²) in [7, 11) is 0. The number of pyridine rings is 1. The Kier molecular flexibility index (Phi) is 1.34. The number of nitrogens with zero attached hydrogens (tertiary/aromatic N) is 6. The summed E-state index contributed by atoms with van der Waals surface area (Å²) in [5.74, 6) is 0.494. The second-order valence-corrected chi connectivity index (χ2v) is 3.62. The topological polar surface area (TPSA) is 84.9 Å². The summed E-state index contributed by atoms with van der Waals surface area (Å²) in [6.07, 6.45) is 4.56. The molecule has 0 aliphatic carbocycles. The van der Waals surface area contributed by atoms with Crippen molar-refractivity contribution in [2.45, 2.75) is 0 Å². The maximum atomic E-state index is 12.1. The first-order chi connectivity index (χ1) is 8.34. The molecule has 0 radical (unpaired) electrons. The molecule has 4 rings (SSSR count). The van der Waals surface area contributed by atoms with Crippen LogP contribution in [-0.4, -0.2) is 19.6 Å². The predicted molar refractivity (Wildman–Crippen MR) is 58.8 cm³/mol. The quantitative estimate of drug-likeness (QED) is 0.545. The second kappa shape index (κ2) is 2.70. The van der Waals surface area contributed by atoms with Crippen molar-refractivity contribution in [2.75, 3.05) is 0 Å². The fourth-order valence-corrected chi connectivity index (χ4v) is 1.89. The molecule has 0 fully saturated rings. The molecular formula is C10H4N6O. The molecule has 0 N–H and O–H groups in total. The zero-order valence-electron chi connectivity index (χ0n) is 8.40. The van der Waals surface area contributed by atoms with E-state index in [4.69, 9.17) is 0 Å². The molecular weight excluding hydrogens is 220 g/mol. The number of fused-ring (bicyclic) bond motifs is 4. The molecule has 7 heteroatoms. The highest BCUT2D eigenvalue weighted by atomic mass is 16.1. The molecule has 3 aromatic rings. The standard InChI is InChI=1S/C10H4N6O/c17-10-6-3-11-9-5(4-12-15-9)8(6)14-7-1-2-13-16(7)10/h1-4H. The monoisotopic (exact) mass is 224 g/mol. The lowest BCUT2D eigenvalue weighted by Gasteiger charge is -1.98. The van der Waals surface area contributed by atoms with Gasteiger partial charge in [0, 0.05) is 12.3 Å². The van der Waals surface area contributed by atoms with E-state index >= 15 is 0 Å². The Labute approximate surface area is 93.1 Å². The Morgan fingerprint density at radius 2 is 2.24 bits per heavy atom. The first kappa shape index (κ1) is 8.45. The highest BCUT2D eigenvalue weighted by Gasteiger charge is 2.12. The minimum atomic E-state index is -0.231. The fraction of sp³-hybridized carbons (Fsp3) is 0. The fourth-order valence-electron chi connectivity index (χ4n) is 1.89. The molecule has 0 atom stereocenters. The Hall–Kier alpha value is -2.70. The molecule has 1 aliphatic rings. The van der Waals surface area contributed by atoms with Gasteiger partial charge in [0.15, 0.2) is 11.5 Å². The van der Waals surface area contributed by atoms with E-state index in [-0.39, 0.29) is 5.56 Å². The van der Waals surface area contributed by atoms with Gasteiger partial charge in [0.05, 0.1) is 28.5 Å². The van der Waals surface area contributed by atoms with E-state index in [1.54, 1.807) is 12.3 Å². The zero-order valence-corrected chi connectivity index (χ0v) is 8.40. The molecule has 17 heavy (non-hydrogen) atoms. The summed E-state index contributed by atoms with van der Waals surface area (Å²) < 4.78 is 1.25. The molecule has 3 aromatic heterocycles. The van der Waals surface area contributed by atoms with E-state index in [9.17, 15) is 4.79 Å². The maximum Gasteiger partial charge on any atom is 0.283 e. The van der Waals surface area contributed by atoms with Crippen LogP contribution in [-0.2, 0) is 0 Å². The highest BCUT2D eigenvalue weighted by molar-refractivity contribution is 5.82. The van der Waals surface area contributed by atoms with E-state index in [0.29, 0.717) is 27.6 Å². The molecule has 0 spiro atoms. The predicted octanol–water partition coefficient (Wildman–Crippen LogP) is 0.192. The van der Waals surface area contributed by atoms with Crippen molar-refractivity contribution in [3.8, 4) is 0 Å². The first-order valence-corrected chi connectivity index (χ1v) is 4.92. The van der Waals surface area contributed by atoms with Gasteiger partial charge in [0.1, 0.15) is 0 Å². The second-order valence-electron chi connectivity index (χ2n) is 3.62. The molecule has 0 unspecified atom stereocenters. The van der Waals surface area contributed by atoms with Crippen molar-refractivity contribution in [2.24, 2.45) is 10.2 Å². The number of azo groups is 1. The molecule has 0 saturated carbocycles. The molecule has 0 aromatic carbocycles. The van der Waals surface area contributed by atoms with Crippen molar-refractivity contribution in [3.05, 3.63) is 34.0 Å². The van der Waals surface area contributed by atoms with Gasteiger partial charge in [-0.3, -0.25) is 4.79 Å². The number of aromatic nitrogens is 4. The minimum Gasteiger partial charge on any atom is -0.267 e. The molecule has 0 amide bonds. The molecule has 0 saturated heterocycles. The van der Waals surface area contributed by atoms with E-state index in [1.165, 1.54) is 16.9 Å². The van der Waals surface area contributed by atoms with Crippen LogP contribution in [0.25, 0.3) is 22.8 Å². The van der Waals surface area contributed by atoms with Crippen LogP contribution in [0.15, 0.2) is 33.5 Å². The van der Waals surface area contributed by atoms with E-state index in [0.717, 1.165) is 0 Å². The lowest BCUT2D eigenvalue weighted by Crippen LogP contribution is -2.19. The summed E-state index contributed by atoms with van der Waals surface area (Å²) in [6.45, 7) is 0. The molecule has 1 aliphatic heterocycles. The third kappa shape index (κ3) is 0.949. The summed E-state index contributed by atoms with van der Waals surface area (Å²) in [4.78, 5) is 20.5. The Morgan fingerprint density at radius 3 is 3.18 bits per heavy atom. The van der Waals surface area contributed by atoms with Crippen LogP contribution >= 0.6 is 0 Å². The van der Waals surface area contributed by atoms with Gasteiger partial charge in [-0.15, -0.1) is 5.11 Å². The van der Waals surface area contributed by atoms with E-state index in [1.807, 2.05) is 0 Å². The van der Waals surface area contributed by atoms with Crippen LogP contribution in [0.4, 0.5) is 5.82 Å². The third-order valence-electron chi connectivity index (χ3n) is 2.68. The smallest absolute Gasteiger partial charge is 0.267 e. The highest BCUT2D eigenvalue weighted by Crippen LogP contribution is 2.12. The number of hydrogen-bond donors (Lipinski definition) is 0. The Bertz CT molecular complexity index is 910. The van der Waals surface area contributed by atoms with Crippen LogP contribution in [0.2, 0.25) is 0 Å². The van der Waals surface area contributed by atoms with E-state index < -0.39 is 0 Å². The summed E-state index contributed by atoms with van der Waals surface area (Å²) >= 11 is 0. The summed E-state index contributed by atoms with van der Waals surface area (Å²) in [5, 5.41) is 12.6. The van der Waals surface area contributed by atoms with Crippen LogP contribution in [0, 0.1) is 0 Å². The van der Waals surface area contributed by atoms with Crippen molar-refractivity contribution < 1.29 is 0 Å². The average molecular weight is 224 g/mol. The maximum absolute atomic E-state index is 12.1. The largest absolute Gasteiger partial charge is 0.283 e. The molecule has 80 valence electrons. The zero-order chi connectivity index (χ0) is 11.4. The normalized spacial score (nSPS) is 13.2. The lowest BCUT2D eigenvalue weighted by atomic mass is 10.2. The first-order valence-electron chi connectivity index (χ1n) is 4.92. The molecule has 7 nitrogen and oxygen atoms in total. The van der Waals surface area contributed by atoms with Gasteiger partial charge in [-0.2, -0.15) is 14.7 Å². The van der Waals surface area contributed by atoms with Crippen molar-refractivity contribution in [3.63, 3.8) is 0 Å². The van der Waals surface area contributed by atoms with E-state index in [2.05, 4.69) is 25.3 Å². The van der Waals surface area contributed by atoms with Gasteiger partial charge in [0.2, 0.25) is 0 Å². The van der Waals surface area contributed by atoms with Crippen molar-refractivity contribution in [1.29, 1.82) is 0 Å². The molecule has 4 heterocycles. The van der Waals surface area contributed by atoms with Gasteiger partial charge >= 0.3 is 0 Å². The van der Waals surface area contributed by atoms with Gasteiger partial charge in [-0.25, -0.2) is 9.97 Å². The summed E-state index contributed by atoms with van der Waals surface area (Å²) in [5.41, 5.74) is 0.847. The Morgan fingerprint density at radius 1 is 1.29 bits per heavy atom. The van der Waals surface area contributed by atoms with Crippen LogP contribution in [0.5, 0.6) is 0 Å². The number of hydrogen-bond acceptors (Lipinski definition) is 6. The SMILES string of the molecule is O=c1c2cnc3c(c2nc2ccnn12)=CN=N3. The Balaban J connectivity index is 2.39. The van der Waals surface area contributed by atoms with Gasteiger partial charge in [0.25, 0.3) is 5.56 Å². The lowest BCUT2D eigenvalue weighted by molar-refractivity contribution is 0.914. The summed E-state index contributed by atoms with van der Waals surface area (Å²) in [6, 6.07) is 1.68.